The normalized spacial score (nSPS) is 15.0. The topological polar surface area (TPSA) is 64.5 Å². The first-order valence-corrected chi connectivity index (χ1v) is 8.58. The molecule has 0 unspecified atom stereocenters. The summed E-state index contributed by atoms with van der Waals surface area (Å²) in [6, 6.07) is 9.62. The van der Waals surface area contributed by atoms with E-state index in [4.69, 9.17) is 9.47 Å². The molecule has 1 aliphatic heterocycles. The first-order valence-electron chi connectivity index (χ1n) is 8.58. The highest BCUT2D eigenvalue weighted by Gasteiger charge is 2.23. The van der Waals surface area contributed by atoms with Crippen LogP contribution in [0.25, 0.3) is 0 Å². The Labute approximate surface area is 147 Å². The minimum Gasteiger partial charge on any atom is -0.497 e. The lowest BCUT2D eigenvalue weighted by molar-refractivity contribution is -0.132. The number of aryl methyl sites for hydroxylation is 1. The summed E-state index contributed by atoms with van der Waals surface area (Å²) in [4.78, 5) is 22.3. The molecule has 1 aliphatic rings. The summed E-state index contributed by atoms with van der Waals surface area (Å²) in [5.74, 6) is 1.64. The number of likely N-dealkylation sites (tertiary alicyclic amines) is 1. The van der Waals surface area contributed by atoms with Crippen LogP contribution in [0.2, 0.25) is 0 Å². The van der Waals surface area contributed by atoms with Crippen LogP contribution in [-0.2, 0) is 11.2 Å². The Kier molecular flexibility index (Phi) is 5.82. The largest absolute Gasteiger partial charge is 0.497 e. The second-order valence-electron chi connectivity index (χ2n) is 6.09. The molecule has 3 rings (SSSR count). The maximum Gasteiger partial charge on any atom is 0.222 e. The van der Waals surface area contributed by atoms with Gasteiger partial charge < -0.3 is 14.4 Å². The Morgan fingerprint density at radius 3 is 2.60 bits per heavy atom. The SMILES string of the molecule is COc1ccc(CCC(=O)N2CCC(Oc3ccncn3)CC2)cc1. The second kappa shape index (κ2) is 8.46. The number of carbonyl (C=O) groups excluding carboxylic acids is 1. The Morgan fingerprint density at radius 1 is 1.20 bits per heavy atom. The highest BCUT2D eigenvalue weighted by Crippen LogP contribution is 2.18. The molecule has 1 aromatic carbocycles. The van der Waals surface area contributed by atoms with Gasteiger partial charge in [-0.2, -0.15) is 0 Å². The number of amides is 1. The van der Waals surface area contributed by atoms with Crippen molar-refractivity contribution in [3.8, 4) is 11.6 Å². The number of hydrogen-bond donors (Lipinski definition) is 0. The fourth-order valence-electron chi connectivity index (χ4n) is 2.94. The van der Waals surface area contributed by atoms with Crippen molar-refractivity contribution < 1.29 is 14.3 Å². The standard InChI is InChI=1S/C19H23N3O3/c1-24-16-5-2-15(3-6-16)4-7-19(23)22-12-9-17(10-13-22)25-18-8-11-20-14-21-18/h2-3,5-6,8,11,14,17H,4,7,9-10,12-13H2,1H3. The summed E-state index contributed by atoms with van der Waals surface area (Å²) < 4.78 is 11.0. The summed E-state index contributed by atoms with van der Waals surface area (Å²) in [6.45, 7) is 1.47. The molecule has 0 spiro atoms. The quantitative estimate of drug-likeness (QED) is 0.808. The van der Waals surface area contributed by atoms with Gasteiger partial charge in [-0.15, -0.1) is 0 Å². The van der Waals surface area contributed by atoms with Crippen LogP contribution in [0.15, 0.2) is 42.9 Å². The highest BCUT2D eigenvalue weighted by molar-refractivity contribution is 5.76. The summed E-state index contributed by atoms with van der Waals surface area (Å²) >= 11 is 0. The van der Waals surface area contributed by atoms with Crippen LogP contribution >= 0.6 is 0 Å². The third-order valence-electron chi connectivity index (χ3n) is 4.42. The smallest absolute Gasteiger partial charge is 0.222 e. The molecule has 1 saturated heterocycles. The van der Waals surface area contributed by atoms with Crippen molar-refractivity contribution in [2.45, 2.75) is 31.8 Å². The van der Waals surface area contributed by atoms with Crippen LogP contribution in [0.1, 0.15) is 24.8 Å². The molecule has 132 valence electrons. The van der Waals surface area contributed by atoms with Crippen molar-refractivity contribution in [1.82, 2.24) is 14.9 Å². The van der Waals surface area contributed by atoms with E-state index in [0.717, 1.165) is 43.7 Å². The van der Waals surface area contributed by atoms with E-state index in [9.17, 15) is 4.79 Å². The number of aromatic nitrogens is 2. The van der Waals surface area contributed by atoms with Gasteiger partial charge in [-0.1, -0.05) is 12.1 Å². The number of methoxy groups -OCH3 is 1. The van der Waals surface area contributed by atoms with Gasteiger partial charge in [-0.3, -0.25) is 4.79 Å². The molecule has 2 aromatic rings. The van der Waals surface area contributed by atoms with Crippen molar-refractivity contribution in [3.63, 3.8) is 0 Å². The lowest BCUT2D eigenvalue weighted by atomic mass is 10.1. The molecule has 0 N–H and O–H groups in total. The molecular formula is C19H23N3O3. The average Bonchev–Trinajstić information content (AvgIpc) is 2.68. The predicted molar refractivity (Wildman–Crippen MR) is 93.6 cm³/mol. The van der Waals surface area contributed by atoms with Gasteiger partial charge in [0.05, 0.1) is 7.11 Å². The molecule has 0 saturated carbocycles. The van der Waals surface area contributed by atoms with Crippen LogP contribution in [0, 0.1) is 0 Å². The third-order valence-corrected chi connectivity index (χ3v) is 4.42. The van der Waals surface area contributed by atoms with Gasteiger partial charge in [0.15, 0.2) is 0 Å². The number of carbonyl (C=O) groups is 1. The van der Waals surface area contributed by atoms with Crippen molar-refractivity contribution >= 4 is 5.91 Å². The zero-order chi connectivity index (χ0) is 17.5. The second-order valence-corrected chi connectivity index (χ2v) is 6.09. The first-order chi connectivity index (χ1) is 12.2. The lowest BCUT2D eigenvalue weighted by Gasteiger charge is -2.32. The molecule has 25 heavy (non-hydrogen) atoms. The van der Waals surface area contributed by atoms with Crippen molar-refractivity contribution in [1.29, 1.82) is 0 Å². The van der Waals surface area contributed by atoms with E-state index >= 15 is 0 Å². The van der Waals surface area contributed by atoms with Crippen LogP contribution < -0.4 is 9.47 Å². The zero-order valence-electron chi connectivity index (χ0n) is 14.4. The lowest BCUT2D eigenvalue weighted by Crippen LogP contribution is -2.41. The van der Waals surface area contributed by atoms with Crippen LogP contribution in [0.3, 0.4) is 0 Å². The van der Waals surface area contributed by atoms with E-state index in [0.29, 0.717) is 12.3 Å². The van der Waals surface area contributed by atoms with Gasteiger partial charge in [0.1, 0.15) is 18.2 Å². The Morgan fingerprint density at radius 2 is 1.96 bits per heavy atom. The number of piperidine rings is 1. The zero-order valence-corrected chi connectivity index (χ0v) is 14.4. The van der Waals surface area contributed by atoms with E-state index in [-0.39, 0.29) is 12.0 Å². The molecule has 0 atom stereocenters. The van der Waals surface area contributed by atoms with Crippen LogP contribution in [0.4, 0.5) is 0 Å². The highest BCUT2D eigenvalue weighted by atomic mass is 16.5. The molecule has 0 radical (unpaired) electrons. The minimum absolute atomic E-state index is 0.112. The molecular weight excluding hydrogens is 318 g/mol. The molecule has 1 amide bonds. The molecule has 2 heterocycles. The Hall–Kier alpha value is -2.63. The van der Waals surface area contributed by atoms with Gasteiger partial charge in [0, 0.05) is 44.6 Å². The molecule has 0 bridgehead atoms. The number of rotatable bonds is 6. The first kappa shape index (κ1) is 17.2. The number of nitrogens with zero attached hydrogens (tertiary/aromatic N) is 3. The maximum atomic E-state index is 12.4. The fourth-order valence-corrected chi connectivity index (χ4v) is 2.94. The van der Waals surface area contributed by atoms with Gasteiger partial charge in [0.25, 0.3) is 0 Å². The van der Waals surface area contributed by atoms with E-state index < -0.39 is 0 Å². The van der Waals surface area contributed by atoms with Crippen molar-refractivity contribution in [3.05, 3.63) is 48.4 Å². The van der Waals surface area contributed by atoms with Crippen LogP contribution in [-0.4, -0.2) is 47.1 Å². The minimum atomic E-state index is 0.112. The number of hydrogen-bond acceptors (Lipinski definition) is 5. The van der Waals surface area contributed by atoms with Crippen molar-refractivity contribution in [2.75, 3.05) is 20.2 Å². The molecule has 0 aliphatic carbocycles. The van der Waals surface area contributed by atoms with E-state index in [1.807, 2.05) is 29.2 Å². The molecule has 1 aromatic heterocycles. The maximum absolute atomic E-state index is 12.4. The summed E-state index contributed by atoms with van der Waals surface area (Å²) in [5, 5.41) is 0. The van der Waals surface area contributed by atoms with Crippen LogP contribution in [0.5, 0.6) is 11.6 Å². The van der Waals surface area contributed by atoms with Gasteiger partial charge in [0.2, 0.25) is 11.8 Å². The Bertz CT molecular complexity index is 668. The van der Waals surface area contributed by atoms with Gasteiger partial charge in [-0.25, -0.2) is 9.97 Å². The summed E-state index contributed by atoms with van der Waals surface area (Å²) in [7, 11) is 1.65. The molecule has 1 fully saturated rings. The summed E-state index contributed by atoms with van der Waals surface area (Å²) in [6.07, 6.45) is 6.20. The van der Waals surface area contributed by atoms with E-state index in [1.165, 1.54) is 6.33 Å². The third kappa shape index (κ3) is 4.92. The summed E-state index contributed by atoms with van der Waals surface area (Å²) in [5.41, 5.74) is 1.15. The predicted octanol–water partition coefficient (Wildman–Crippen LogP) is 2.49. The average molecular weight is 341 g/mol. The molecule has 6 heteroatoms. The van der Waals surface area contributed by atoms with Gasteiger partial charge in [-0.05, 0) is 24.1 Å². The van der Waals surface area contributed by atoms with E-state index in [2.05, 4.69) is 9.97 Å². The number of benzene rings is 1. The van der Waals surface area contributed by atoms with Gasteiger partial charge >= 0.3 is 0 Å². The van der Waals surface area contributed by atoms with E-state index in [1.54, 1.807) is 19.4 Å². The Balaban J connectivity index is 1.41. The van der Waals surface area contributed by atoms with Crippen molar-refractivity contribution in [2.24, 2.45) is 0 Å². The molecule has 6 nitrogen and oxygen atoms in total. The fraction of sp³-hybridized carbons (Fsp3) is 0.421. The monoisotopic (exact) mass is 341 g/mol. The number of ether oxygens (including phenoxy) is 2.